The molecule has 1 aromatic heterocycles. The predicted octanol–water partition coefficient (Wildman–Crippen LogP) is 1.64. The molecule has 19 heavy (non-hydrogen) atoms. The Bertz CT molecular complexity index is 502. The molecule has 1 N–H and O–H groups in total. The lowest BCUT2D eigenvalue weighted by Crippen LogP contribution is -2.45. The van der Waals surface area contributed by atoms with Gasteiger partial charge < -0.3 is 10.1 Å². The Balaban J connectivity index is 1.98. The third-order valence-corrected chi connectivity index (χ3v) is 3.16. The first kappa shape index (κ1) is 13.5. The first-order valence-electron chi connectivity index (χ1n) is 6.31. The lowest BCUT2D eigenvalue weighted by Gasteiger charge is -2.35. The second kappa shape index (κ2) is 5.37. The summed E-state index contributed by atoms with van der Waals surface area (Å²) in [7, 11) is 0. The number of nitrogens with zero attached hydrogens (tertiary/aromatic N) is 2. The van der Waals surface area contributed by atoms with Gasteiger partial charge in [-0.2, -0.15) is 5.26 Å². The Morgan fingerprint density at radius 2 is 2.37 bits per heavy atom. The zero-order valence-electron chi connectivity index (χ0n) is 11.1. The molecule has 0 saturated carbocycles. The fourth-order valence-corrected chi connectivity index (χ4v) is 2.21. The number of rotatable bonds is 2. The van der Waals surface area contributed by atoms with Crippen LogP contribution in [-0.2, 0) is 4.74 Å². The molecule has 2 rings (SSSR count). The van der Waals surface area contributed by atoms with Crippen molar-refractivity contribution in [3.05, 3.63) is 29.6 Å². The number of carbonyl (C=O) groups is 1. The molecule has 1 aliphatic rings. The summed E-state index contributed by atoms with van der Waals surface area (Å²) in [5, 5.41) is 11.6. The molecule has 5 heteroatoms. The number of hydrogen-bond donors (Lipinski definition) is 1. The predicted molar refractivity (Wildman–Crippen MR) is 69.5 cm³/mol. The molecular weight excluding hydrogens is 242 g/mol. The van der Waals surface area contributed by atoms with Crippen LogP contribution in [0.2, 0.25) is 0 Å². The third kappa shape index (κ3) is 3.52. The van der Waals surface area contributed by atoms with Crippen LogP contribution in [0.1, 0.15) is 42.7 Å². The number of pyridine rings is 1. The zero-order chi connectivity index (χ0) is 13.9. The second-order valence-corrected chi connectivity index (χ2v) is 5.32. The van der Waals surface area contributed by atoms with Gasteiger partial charge in [-0.25, -0.2) is 4.98 Å². The summed E-state index contributed by atoms with van der Waals surface area (Å²) in [5.41, 5.74) is 0.584. The van der Waals surface area contributed by atoms with E-state index in [2.05, 4.69) is 10.3 Å². The standard InChI is InChI=1S/C14H17N3O2/c1-14(2)7-11(5-6-19-14)17-13(18)12-4-3-10(8-15)9-16-12/h3-4,9,11H,5-7H2,1-2H3,(H,17,18). The van der Waals surface area contributed by atoms with Gasteiger partial charge >= 0.3 is 0 Å². The maximum atomic E-state index is 12.0. The molecule has 1 aromatic rings. The summed E-state index contributed by atoms with van der Waals surface area (Å²) < 4.78 is 5.61. The molecule has 0 aliphatic carbocycles. The Hall–Kier alpha value is -1.93. The van der Waals surface area contributed by atoms with Crippen LogP contribution in [0, 0.1) is 11.3 Å². The van der Waals surface area contributed by atoms with Crippen LogP contribution in [0.5, 0.6) is 0 Å². The summed E-state index contributed by atoms with van der Waals surface area (Å²) in [6.45, 7) is 4.69. The molecular formula is C14H17N3O2. The smallest absolute Gasteiger partial charge is 0.270 e. The Morgan fingerprint density at radius 1 is 1.58 bits per heavy atom. The van der Waals surface area contributed by atoms with E-state index in [0.29, 0.717) is 17.9 Å². The number of amides is 1. The van der Waals surface area contributed by atoms with Crippen molar-refractivity contribution in [3.8, 4) is 6.07 Å². The first-order valence-corrected chi connectivity index (χ1v) is 6.31. The van der Waals surface area contributed by atoms with Gasteiger partial charge in [0.1, 0.15) is 11.8 Å². The Kier molecular flexibility index (Phi) is 3.82. The van der Waals surface area contributed by atoms with Crippen LogP contribution in [0.15, 0.2) is 18.3 Å². The quantitative estimate of drug-likeness (QED) is 0.876. The summed E-state index contributed by atoms with van der Waals surface area (Å²) in [4.78, 5) is 16.0. The highest BCUT2D eigenvalue weighted by Gasteiger charge is 2.29. The number of carbonyl (C=O) groups excluding carboxylic acids is 1. The third-order valence-electron chi connectivity index (χ3n) is 3.16. The van der Waals surface area contributed by atoms with Gasteiger partial charge in [0.2, 0.25) is 0 Å². The van der Waals surface area contributed by atoms with Crippen molar-refractivity contribution < 1.29 is 9.53 Å². The molecule has 0 spiro atoms. The van der Waals surface area contributed by atoms with Gasteiger partial charge in [0, 0.05) is 18.8 Å². The van der Waals surface area contributed by atoms with Crippen LogP contribution in [0.4, 0.5) is 0 Å². The van der Waals surface area contributed by atoms with Crippen molar-refractivity contribution in [1.29, 1.82) is 5.26 Å². The van der Waals surface area contributed by atoms with Crippen LogP contribution in [-0.4, -0.2) is 29.1 Å². The molecule has 100 valence electrons. The van der Waals surface area contributed by atoms with Gasteiger partial charge in [0.15, 0.2) is 0 Å². The highest BCUT2D eigenvalue weighted by atomic mass is 16.5. The van der Waals surface area contributed by atoms with Crippen molar-refractivity contribution in [2.24, 2.45) is 0 Å². The Labute approximate surface area is 112 Å². The van der Waals surface area contributed by atoms with Crippen LogP contribution < -0.4 is 5.32 Å². The molecule has 1 amide bonds. The highest BCUT2D eigenvalue weighted by Crippen LogP contribution is 2.24. The Morgan fingerprint density at radius 3 is 2.95 bits per heavy atom. The molecule has 2 heterocycles. The van der Waals surface area contributed by atoms with E-state index in [9.17, 15) is 4.79 Å². The van der Waals surface area contributed by atoms with E-state index in [0.717, 1.165) is 12.8 Å². The average Bonchev–Trinajstić information content (AvgIpc) is 2.37. The van der Waals surface area contributed by atoms with E-state index in [4.69, 9.17) is 10.00 Å². The van der Waals surface area contributed by atoms with Crippen molar-refractivity contribution >= 4 is 5.91 Å². The van der Waals surface area contributed by atoms with Crippen LogP contribution in [0.25, 0.3) is 0 Å². The van der Waals surface area contributed by atoms with Crippen molar-refractivity contribution in [3.63, 3.8) is 0 Å². The highest BCUT2D eigenvalue weighted by molar-refractivity contribution is 5.92. The van der Waals surface area contributed by atoms with E-state index >= 15 is 0 Å². The molecule has 1 aliphatic heterocycles. The van der Waals surface area contributed by atoms with Crippen molar-refractivity contribution in [1.82, 2.24) is 10.3 Å². The minimum atomic E-state index is -0.202. The summed E-state index contributed by atoms with van der Waals surface area (Å²) in [6, 6.07) is 5.24. The monoisotopic (exact) mass is 259 g/mol. The topological polar surface area (TPSA) is 75.0 Å². The van der Waals surface area contributed by atoms with Crippen LogP contribution in [0.3, 0.4) is 0 Å². The summed E-state index contributed by atoms with van der Waals surface area (Å²) in [6.07, 6.45) is 3.00. The minimum Gasteiger partial charge on any atom is -0.375 e. The second-order valence-electron chi connectivity index (χ2n) is 5.32. The zero-order valence-corrected chi connectivity index (χ0v) is 11.1. The molecule has 1 atom stereocenters. The molecule has 5 nitrogen and oxygen atoms in total. The summed E-state index contributed by atoms with van der Waals surface area (Å²) in [5.74, 6) is -0.202. The van der Waals surface area contributed by atoms with E-state index in [-0.39, 0.29) is 17.6 Å². The lowest BCUT2D eigenvalue weighted by atomic mass is 9.94. The van der Waals surface area contributed by atoms with E-state index in [1.807, 2.05) is 19.9 Å². The van der Waals surface area contributed by atoms with Gasteiger partial charge in [-0.15, -0.1) is 0 Å². The normalized spacial score (nSPS) is 21.4. The van der Waals surface area contributed by atoms with Crippen molar-refractivity contribution in [2.45, 2.75) is 38.3 Å². The average molecular weight is 259 g/mol. The van der Waals surface area contributed by atoms with Gasteiger partial charge in [-0.05, 0) is 38.8 Å². The van der Waals surface area contributed by atoms with E-state index < -0.39 is 0 Å². The molecule has 0 radical (unpaired) electrons. The van der Waals surface area contributed by atoms with Gasteiger partial charge in [0.05, 0.1) is 11.2 Å². The molecule has 0 bridgehead atoms. The number of ether oxygens (including phenoxy) is 1. The van der Waals surface area contributed by atoms with E-state index in [1.54, 1.807) is 12.1 Å². The summed E-state index contributed by atoms with van der Waals surface area (Å²) >= 11 is 0. The number of nitrogens with one attached hydrogen (secondary N) is 1. The number of aromatic nitrogens is 1. The van der Waals surface area contributed by atoms with E-state index in [1.165, 1.54) is 6.20 Å². The van der Waals surface area contributed by atoms with Gasteiger partial charge in [0.25, 0.3) is 5.91 Å². The number of hydrogen-bond acceptors (Lipinski definition) is 4. The van der Waals surface area contributed by atoms with Gasteiger partial charge in [-0.1, -0.05) is 0 Å². The molecule has 1 fully saturated rings. The lowest BCUT2D eigenvalue weighted by molar-refractivity contribution is -0.0615. The largest absolute Gasteiger partial charge is 0.375 e. The maximum Gasteiger partial charge on any atom is 0.270 e. The molecule has 1 saturated heterocycles. The number of nitriles is 1. The van der Waals surface area contributed by atoms with Crippen LogP contribution >= 0.6 is 0 Å². The first-order chi connectivity index (χ1) is 9.00. The van der Waals surface area contributed by atoms with Crippen molar-refractivity contribution in [2.75, 3.05) is 6.61 Å². The minimum absolute atomic E-state index is 0.105. The fraction of sp³-hybridized carbons (Fsp3) is 0.500. The maximum absolute atomic E-state index is 12.0. The van der Waals surface area contributed by atoms with Gasteiger partial charge in [-0.3, -0.25) is 4.79 Å². The fourth-order valence-electron chi connectivity index (χ4n) is 2.21. The molecule has 0 aromatic carbocycles. The SMILES string of the molecule is CC1(C)CC(NC(=O)c2ccc(C#N)cn2)CCO1. The molecule has 1 unspecified atom stereocenters.